The molecular formula is C17H28N2O. The van der Waals surface area contributed by atoms with Crippen molar-refractivity contribution in [1.82, 2.24) is 4.57 Å². The second-order valence-electron chi connectivity index (χ2n) is 7.63. The van der Waals surface area contributed by atoms with E-state index in [2.05, 4.69) is 31.4 Å². The third-order valence-corrected chi connectivity index (χ3v) is 5.21. The van der Waals surface area contributed by atoms with Gasteiger partial charge < -0.3 is 15.4 Å². The first kappa shape index (κ1) is 14.2. The first-order chi connectivity index (χ1) is 9.39. The second-order valence-corrected chi connectivity index (χ2v) is 7.63. The van der Waals surface area contributed by atoms with Crippen molar-refractivity contribution in [2.24, 2.45) is 11.1 Å². The summed E-state index contributed by atoms with van der Waals surface area (Å²) in [6.07, 6.45) is 6.35. The van der Waals surface area contributed by atoms with Gasteiger partial charge in [0.2, 0.25) is 0 Å². The molecule has 3 heteroatoms. The van der Waals surface area contributed by atoms with Crippen LogP contribution < -0.4 is 5.73 Å². The van der Waals surface area contributed by atoms with E-state index in [1.807, 2.05) is 0 Å². The van der Waals surface area contributed by atoms with Gasteiger partial charge in [-0.3, -0.25) is 0 Å². The molecule has 3 rings (SSSR count). The number of aromatic nitrogens is 1. The highest BCUT2D eigenvalue weighted by Gasteiger charge is 2.36. The van der Waals surface area contributed by atoms with Gasteiger partial charge >= 0.3 is 0 Å². The van der Waals surface area contributed by atoms with Crippen LogP contribution in [0.25, 0.3) is 0 Å². The summed E-state index contributed by atoms with van der Waals surface area (Å²) in [6.45, 7) is 6.78. The van der Waals surface area contributed by atoms with Gasteiger partial charge in [0.15, 0.2) is 0 Å². The Morgan fingerprint density at radius 2 is 2.00 bits per heavy atom. The molecule has 1 aromatic heterocycles. The first-order valence-corrected chi connectivity index (χ1v) is 8.03. The summed E-state index contributed by atoms with van der Waals surface area (Å²) in [5, 5.41) is 10.4. The molecule has 1 fully saturated rings. The van der Waals surface area contributed by atoms with Gasteiger partial charge in [-0.1, -0.05) is 26.7 Å². The summed E-state index contributed by atoms with van der Waals surface area (Å²) in [4.78, 5) is 0. The number of hydrogen-bond donors (Lipinski definition) is 2. The fraction of sp³-hybridized carbons (Fsp3) is 0.765. The predicted molar refractivity (Wildman–Crippen MR) is 81.7 cm³/mol. The van der Waals surface area contributed by atoms with Gasteiger partial charge in [-0.25, -0.2) is 0 Å². The Morgan fingerprint density at radius 3 is 2.70 bits per heavy atom. The van der Waals surface area contributed by atoms with Crippen molar-refractivity contribution in [2.75, 3.05) is 0 Å². The Labute approximate surface area is 122 Å². The summed E-state index contributed by atoms with van der Waals surface area (Å²) < 4.78 is 2.42. The van der Waals surface area contributed by atoms with Crippen molar-refractivity contribution in [1.29, 1.82) is 0 Å². The lowest BCUT2D eigenvalue weighted by molar-refractivity contribution is 0.0719. The Balaban J connectivity index is 2.04. The number of aryl methyl sites for hydroxylation is 1. The Kier molecular flexibility index (Phi) is 3.46. The van der Waals surface area contributed by atoms with Gasteiger partial charge in [0.1, 0.15) is 0 Å². The molecule has 20 heavy (non-hydrogen) atoms. The molecule has 3 N–H and O–H groups in total. The maximum absolute atomic E-state index is 10.4. The molecule has 3 nitrogen and oxygen atoms in total. The van der Waals surface area contributed by atoms with Crippen LogP contribution >= 0.6 is 0 Å². The lowest BCUT2D eigenvalue weighted by atomic mass is 9.74. The number of aliphatic hydroxyl groups is 1. The zero-order chi connectivity index (χ0) is 14.5. The van der Waals surface area contributed by atoms with E-state index in [1.54, 1.807) is 0 Å². The van der Waals surface area contributed by atoms with E-state index in [1.165, 1.54) is 23.4 Å². The monoisotopic (exact) mass is 276 g/mol. The average molecular weight is 276 g/mol. The van der Waals surface area contributed by atoms with E-state index in [0.29, 0.717) is 0 Å². The van der Waals surface area contributed by atoms with Gasteiger partial charge in [0.05, 0.1) is 12.1 Å². The zero-order valence-corrected chi connectivity index (χ0v) is 13.0. The molecule has 2 aliphatic rings. The van der Waals surface area contributed by atoms with Crippen LogP contribution in [0, 0.1) is 12.3 Å². The van der Waals surface area contributed by atoms with Gasteiger partial charge in [-0.05, 0) is 49.7 Å². The van der Waals surface area contributed by atoms with Crippen LogP contribution in [0.1, 0.15) is 75.0 Å². The fourth-order valence-corrected chi connectivity index (χ4v) is 4.32. The minimum atomic E-state index is -0.194. The fourth-order valence-electron chi connectivity index (χ4n) is 4.32. The highest BCUT2D eigenvalue weighted by atomic mass is 16.3. The summed E-state index contributed by atoms with van der Waals surface area (Å²) in [5.74, 6) is 0. The molecule has 0 bridgehead atoms. The van der Waals surface area contributed by atoms with Crippen LogP contribution in [0.15, 0.2) is 6.07 Å². The standard InChI is InChI=1S/C17H28N2O/c1-11-8-12-13(18)9-17(2,3)10-15(12)19(11)14-6-4-5-7-16(14)20/h8,13-14,16,20H,4-7,9-10,18H2,1-3H3. The summed E-state index contributed by atoms with van der Waals surface area (Å²) >= 11 is 0. The van der Waals surface area contributed by atoms with Crippen LogP contribution in [0.2, 0.25) is 0 Å². The number of aliphatic hydroxyl groups excluding tert-OH is 1. The lowest BCUT2D eigenvalue weighted by Crippen LogP contribution is -2.34. The minimum absolute atomic E-state index is 0.148. The van der Waals surface area contributed by atoms with Gasteiger partial charge in [-0.15, -0.1) is 0 Å². The van der Waals surface area contributed by atoms with Crippen LogP contribution in [0.5, 0.6) is 0 Å². The third-order valence-electron chi connectivity index (χ3n) is 5.21. The van der Waals surface area contributed by atoms with Crippen LogP contribution in [-0.2, 0) is 6.42 Å². The van der Waals surface area contributed by atoms with E-state index < -0.39 is 0 Å². The molecule has 112 valence electrons. The second kappa shape index (κ2) is 4.88. The number of rotatable bonds is 1. The van der Waals surface area contributed by atoms with Crippen LogP contribution in [0.4, 0.5) is 0 Å². The largest absolute Gasteiger partial charge is 0.391 e. The van der Waals surface area contributed by atoms with Crippen molar-refractivity contribution in [2.45, 2.75) is 77.5 Å². The maximum atomic E-state index is 10.4. The summed E-state index contributed by atoms with van der Waals surface area (Å²) in [7, 11) is 0. The molecule has 1 saturated carbocycles. The zero-order valence-electron chi connectivity index (χ0n) is 13.0. The van der Waals surface area contributed by atoms with Gasteiger partial charge in [-0.2, -0.15) is 0 Å². The van der Waals surface area contributed by atoms with Crippen molar-refractivity contribution < 1.29 is 5.11 Å². The van der Waals surface area contributed by atoms with E-state index in [-0.39, 0.29) is 23.6 Å². The SMILES string of the molecule is Cc1cc2c(n1C1CCCCC1O)CC(C)(C)CC2N. The molecule has 0 aliphatic heterocycles. The molecule has 0 spiro atoms. The van der Waals surface area contributed by atoms with E-state index in [4.69, 9.17) is 5.73 Å². The molecular weight excluding hydrogens is 248 g/mol. The average Bonchev–Trinajstić information content (AvgIpc) is 2.66. The molecule has 3 atom stereocenters. The number of hydrogen-bond acceptors (Lipinski definition) is 2. The summed E-state index contributed by atoms with van der Waals surface area (Å²) in [5.41, 5.74) is 10.6. The number of fused-ring (bicyclic) bond motifs is 1. The Hall–Kier alpha value is -0.800. The number of nitrogens with zero attached hydrogens (tertiary/aromatic N) is 1. The third kappa shape index (κ3) is 2.31. The molecule has 1 heterocycles. The number of nitrogens with two attached hydrogens (primary N) is 1. The minimum Gasteiger partial charge on any atom is -0.391 e. The van der Waals surface area contributed by atoms with Gasteiger partial charge in [0, 0.05) is 17.4 Å². The van der Waals surface area contributed by atoms with Crippen molar-refractivity contribution >= 4 is 0 Å². The van der Waals surface area contributed by atoms with E-state index in [0.717, 1.165) is 32.1 Å². The quantitative estimate of drug-likeness (QED) is 0.827. The molecule has 1 aromatic rings. The summed E-state index contributed by atoms with van der Waals surface area (Å²) in [6, 6.07) is 2.67. The first-order valence-electron chi connectivity index (χ1n) is 8.03. The van der Waals surface area contributed by atoms with E-state index >= 15 is 0 Å². The topological polar surface area (TPSA) is 51.2 Å². The van der Waals surface area contributed by atoms with Crippen molar-refractivity contribution in [3.05, 3.63) is 23.0 Å². The maximum Gasteiger partial charge on any atom is 0.0747 e. The van der Waals surface area contributed by atoms with Crippen molar-refractivity contribution in [3.63, 3.8) is 0 Å². The lowest BCUT2D eigenvalue weighted by Gasteiger charge is -2.37. The van der Waals surface area contributed by atoms with Crippen LogP contribution in [0.3, 0.4) is 0 Å². The molecule has 0 aromatic carbocycles. The molecule has 0 saturated heterocycles. The van der Waals surface area contributed by atoms with E-state index in [9.17, 15) is 5.11 Å². The Morgan fingerprint density at radius 1 is 1.30 bits per heavy atom. The van der Waals surface area contributed by atoms with Crippen molar-refractivity contribution in [3.8, 4) is 0 Å². The molecule has 0 amide bonds. The molecule has 0 radical (unpaired) electrons. The Bertz CT molecular complexity index is 503. The molecule has 2 aliphatic carbocycles. The smallest absolute Gasteiger partial charge is 0.0747 e. The van der Waals surface area contributed by atoms with Gasteiger partial charge in [0.25, 0.3) is 0 Å². The normalized spacial score (nSPS) is 33.0. The predicted octanol–water partition coefficient (Wildman–Crippen LogP) is 3.24. The highest BCUT2D eigenvalue weighted by Crippen LogP contribution is 2.43. The highest BCUT2D eigenvalue weighted by molar-refractivity contribution is 5.35. The van der Waals surface area contributed by atoms with Crippen LogP contribution in [-0.4, -0.2) is 15.8 Å². The molecule has 3 unspecified atom stereocenters.